The Kier molecular flexibility index (Phi) is 4.34. The molecule has 0 radical (unpaired) electrons. The molecule has 1 fully saturated rings. The Morgan fingerprint density at radius 3 is 2.04 bits per heavy atom. The zero-order valence-electron chi connectivity index (χ0n) is 14.5. The zero-order valence-corrected chi connectivity index (χ0v) is 15.4. The van der Waals surface area contributed by atoms with Gasteiger partial charge in [-0.25, -0.2) is 18.4 Å². The maximum atomic E-state index is 12.8. The minimum Gasteiger partial charge on any atom is -0.352 e. The summed E-state index contributed by atoms with van der Waals surface area (Å²) in [5, 5.41) is 0. The molecule has 1 saturated heterocycles. The summed E-state index contributed by atoms with van der Waals surface area (Å²) in [5.41, 5.74) is 2.59. The monoisotopic (exact) mass is 368 g/mol. The highest BCUT2D eigenvalue weighted by molar-refractivity contribution is 7.89. The molecule has 1 aliphatic rings. The lowest BCUT2D eigenvalue weighted by Gasteiger charge is -2.35. The molecule has 0 amide bonds. The first-order valence-electron chi connectivity index (χ1n) is 8.59. The molecule has 0 atom stereocenters. The molecule has 134 valence electrons. The second-order valence-corrected chi connectivity index (χ2v) is 8.26. The van der Waals surface area contributed by atoms with E-state index in [9.17, 15) is 8.42 Å². The van der Waals surface area contributed by atoms with E-state index in [1.807, 2.05) is 37.3 Å². The summed E-state index contributed by atoms with van der Waals surface area (Å²) >= 11 is 0. The lowest BCUT2D eigenvalue weighted by molar-refractivity contribution is 0.383. The van der Waals surface area contributed by atoms with Gasteiger partial charge >= 0.3 is 0 Å². The summed E-state index contributed by atoms with van der Waals surface area (Å²) < 4.78 is 27.0. The second-order valence-electron chi connectivity index (χ2n) is 6.33. The predicted molar refractivity (Wildman–Crippen MR) is 102 cm³/mol. The third-order valence-corrected chi connectivity index (χ3v) is 6.55. The normalized spacial score (nSPS) is 16.1. The molecule has 7 heteroatoms. The molecule has 4 rings (SSSR count). The first-order chi connectivity index (χ1) is 12.6. The molecule has 0 spiro atoms. The van der Waals surface area contributed by atoms with Gasteiger partial charge in [0, 0.05) is 26.2 Å². The van der Waals surface area contributed by atoms with E-state index in [1.165, 1.54) is 0 Å². The number of rotatable bonds is 3. The molecular formula is C19H20N4O2S. The smallest absolute Gasteiger partial charge is 0.243 e. The molecule has 0 unspecified atom stereocenters. The molecule has 26 heavy (non-hydrogen) atoms. The van der Waals surface area contributed by atoms with Crippen molar-refractivity contribution in [3.63, 3.8) is 0 Å². The van der Waals surface area contributed by atoms with E-state index >= 15 is 0 Å². The van der Waals surface area contributed by atoms with Gasteiger partial charge in [0.15, 0.2) is 5.82 Å². The Bertz CT molecular complexity index is 1030. The number of hydrogen-bond donors (Lipinski definition) is 0. The molecule has 2 heterocycles. The van der Waals surface area contributed by atoms with Crippen LogP contribution in [0, 0.1) is 6.92 Å². The number of sulfonamides is 1. The topological polar surface area (TPSA) is 66.4 Å². The minimum absolute atomic E-state index is 0.343. The largest absolute Gasteiger partial charge is 0.352 e. The van der Waals surface area contributed by atoms with E-state index in [4.69, 9.17) is 4.98 Å². The Morgan fingerprint density at radius 2 is 1.38 bits per heavy atom. The van der Waals surface area contributed by atoms with Crippen LogP contribution in [0.15, 0.2) is 59.5 Å². The number of benzene rings is 2. The molecule has 0 aliphatic carbocycles. The molecule has 0 saturated carbocycles. The van der Waals surface area contributed by atoms with Gasteiger partial charge in [0.1, 0.15) is 0 Å². The second kappa shape index (κ2) is 6.66. The molecule has 6 nitrogen and oxygen atoms in total. The van der Waals surface area contributed by atoms with E-state index in [1.54, 1.807) is 28.6 Å². The van der Waals surface area contributed by atoms with Gasteiger partial charge in [-0.1, -0.05) is 30.3 Å². The predicted octanol–water partition coefficient (Wildman–Crippen LogP) is 2.45. The quantitative estimate of drug-likeness (QED) is 0.710. The van der Waals surface area contributed by atoms with E-state index in [0.717, 1.165) is 22.5 Å². The average Bonchev–Trinajstić information content (AvgIpc) is 2.68. The Balaban J connectivity index is 1.55. The Morgan fingerprint density at radius 1 is 0.808 bits per heavy atom. The fourth-order valence-corrected chi connectivity index (χ4v) is 4.70. The van der Waals surface area contributed by atoms with Crippen LogP contribution in [0.5, 0.6) is 0 Å². The van der Waals surface area contributed by atoms with Crippen molar-refractivity contribution in [2.45, 2.75) is 11.8 Å². The van der Waals surface area contributed by atoms with Gasteiger partial charge in [0.2, 0.25) is 10.0 Å². The van der Waals surface area contributed by atoms with Crippen molar-refractivity contribution in [3.05, 3.63) is 60.3 Å². The third kappa shape index (κ3) is 3.04. The maximum absolute atomic E-state index is 12.8. The van der Waals surface area contributed by atoms with Crippen LogP contribution in [-0.4, -0.2) is 48.9 Å². The Hall–Kier alpha value is -2.51. The van der Waals surface area contributed by atoms with Gasteiger partial charge in [-0.15, -0.1) is 0 Å². The van der Waals surface area contributed by atoms with Crippen LogP contribution in [0.2, 0.25) is 0 Å². The van der Waals surface area contributed by atoms with Crippen LogP contribution in [0.3, 0.4) is 0 Å². The summed E-state index contributed by atoms with van der Waals surface area (Å²) in [6.07, 6.45) is 0. The van der Waals surface area contributed by atoms with Gasteiger partial charge in [-0.2, -0.15) is 4.31 Å². The van der Waals surface area contributed by atoms with Crippen LogP contribution in [0.4, 0.5) is 5.82 Å². The fourth-order valence-electron chi connectivity index (χ4n) is 3.26. The highest BCUT2D eigenvalue weighted by Gasteiger charge is 2.29. The van der Waals surface area contributed by atoms with Crippen LogP contribution in [0.25, 0.3) is 11.0 Å². The summed E-state index contributed by atoms with van der Waals surface area (Å²) in [5.74, 6) is 0.834. The molecule has 2 aromatic carbocycles. The lowest BCUT2D eigenvalue weighted by atomic mass is 10.2. The summed E-state index contributed by atoms with van der Waals surface area (Å²) in [7, 11) is -3.44. The molecule has 1 aromatic heterocycles. The highest BCUT2D eigenvalue weighted by atomic mass is 32.2. The first kappa shape index (κ1) is 16.9. The van der Waals surface area contributed by atoms with E-state index in [0.29, 0.717) is 31.1 Å². The number of aromatic nitrogens is 2. The lowest BCUT2D eigenvalue weighted by Crippen LogP contribution is -2.49. The number of hydrogen-bond acceptors (Lipinski definition) is 5. The zero-order chi connectivity index (χ0) is 18.1. The SMILES string of the molecule is Cc1nc2ccccc2nc1N1CCN(S(=O)(=O)c2ccccc2)CC1. The summed E-state index contributed by atoms with van der Waals surface area (Å²) in [6, 6.07) is 16.4. The fraction of sp³-hybridized carbons (Fsp3) is 0.263. The highest BCUT2D eigenvalue weighted by Crippen LogP contribution is 2.23. The van der Waals surface area contributed by atoms with E-state index < -0.39 is 10.0 Å². The number of anilines is 1. The molecule has 3 aromatic rings. The van der Waals surface area contributed by atoms with Gasteiger partial charge < -0.3 is 4.90 Å². The van der Waals surface area contributed by atoms with Gasteiger partial charge in [0.25, 0.3) is 0 Å². The number of aryl methyl sites for hydroxylation is 1. The van der Waals surface area contributed by atoms with Crippen molar-refractivity contribution in [2.75, 3.05) is 31.1 Å². The molecule has 0 bridgehead atoms. The number of fused-ring (bicyclic) bond motifs is 1. The summed E-state index contributed by atoms with van der Waals surface area (Å²) in [4.78, 5) is 11.8. The van der Waals surface area contributed by atoms with E-state index in [2.05, 4.69) is 9.88 Å². The van der Waals surface area contributed by atoms with Crippen molar-refractivity contribution in [1.82, 2.24) is 14.3 Å². The van der Waals surface area contributed by atoms with Crippen molar-refractivity contribution < 1.29 is 8.42 Å². The van der Waals surface area contributed by atoms with Crippen molar-refractivity contribution in [3.8, 4) is 0 Å². The van der Waals surface area contributed by atoms with Crippen LogP contribution < -0.4 is 4.90 Å². The standard InChI is InChI=1S/C19H20N4O2S/c1-15-19(21-18-10-6-5-9-17(18)20-15)22-11-13-23(14-12-22)26(24,25)16-7-3-2-4-8-16/h2-10H,11-14H2,1H3. The minimum atomic E-state index is -3.44. The van der Waals surface area contributed by atoms with Crippen molar-refractivity contribution >= 4 is 26.9 Å². The maximum Gasteiger partial charge on any atom is 0.243 e. The first-order valence-corrected chi connectivity index (χ1v) is 10.0. The van der Waals surface area contributed by atoms with E-state index in [-0.39, 0.29) is 0 Å². The third-order valence-electron chi connectivity index (χ3n) is 4.64. The van der Waals surface area contributed by atoms with Gasteiger partial charge in [0.05, 0.1) is 21.6 Å². The van der Waals surface area contributed by atoms with Crippen molar-refractivity contribution in [1.29, 1.82) is 0 Å². The van der Waals surface area contributed by atoms with Crippen LogP contribution >= 0.6 is 0 Å². The Labute approximate surface area is 153 Å². The van der Waals surface area contributed by atoms with Crippen molar-refractivity contribution in [2.24, 2.45) is 0 Å². The van der Waals surface area contributed by atoms with Crippen LogP contribution in [0.1, 0.15) is 5.69 Å². The number of nitrogens with zero attached hydrogens (tertiary/aromatic N) is 4. The molecular weight excluding hydrogens is 348 g/mol. The number of para-hydroxylation sites is 2. The summed E-state index contributed by atoms with van der Waals surface area (Å²) in [6.45, 7) is 4.01. The molecule has 1 aliphatic heterocycles. The number of piperazine rings is 1. The van der Waals surface area contributed by atoms with Crippen LogP contribution in [-0.2, 0) is 10.0 Å². The molecule has 0 N–H and O–H groups in total. The van der Waals surface area contributed by atoms with Gasteiger partial charge in [-0.3, -0.25) is 0 Å². The van der Waals surface area contributed by atoms with Gasteiger partial charge in [-0.05, 0) is 31.2 Å². The average molecular weight is 368 g/mol.